The summed E-state index contributed by atoms with van der Waals surface area (Å²) in [6, 6.07) is 16.3. The van der Waals surface area contributed by atoms with E-state index in [1.165, 1.54) is 5.56 Å². The van der Waals surface area contributed by atoms with Crippen LogP contribution in [0.5, 0.6) is 5.75 Å². The van der Waals surface area contributed by atoms with Gasteiger partial charge in [-0.25, -0.2) is 12.7 Å². The first-order chi connectivity index (χ1) is 12.5. The Labute approximate surface area is 156 Å². The maximum atomic E-state index is 11.7. The van der Waals surface area contributed by atoms with Crippen LogP contribution in [-0.4, -0.2) is 38.1 Å². The SMILES string of the molecule is Cc1ccc(COc2ccc(CNCCN3CCCS3(=O)=O)cc2)cc1. The minimum absolute atomic E-state index is 0.289. The zero-order chi connectivity index (χ0) is 18.4. The van der Waals surface area contributed by atoms with E-state index < -0.39 is 10.0 Å². The van der Waals surface area contributed by atoms with Crippen LogP contribution in [0.4, 0.5) is 0 Å². The smallest absolute Gasteiger partial charge is 0.214 e. The van der Waals surface area contributed by atoms with Crippen LogP contribution in [0.25, 0.3) is 0 Å². The van der Waals surface area contributed by atoms with Gasteiger partial charge in [-0.2, -0.15) is 0 Å². The second-order valence-corrected chi connectivity index (χ2v) is 8.75. The van der Waals surface area contributed by atoms with E-state index in [0.717, 1.165) is 23.3 Å². The molecule has 0 unspecified atom stereocenters. The summed E-state index contributed by atoms with van der Waals surface area (Å²) in [6.45, 7) is 5.19. The van der Waals surface area contributed by atoms with Gasteiger partial charge in [0.25, 0.3) is 0 Å². The second-order valence-electron chi connectivity index (χ2n) is 6.66. The van der Waals surface area contributed by atoms with Gasteiger partial charge >= 0.3 is 0 Å². The van der Waals surface area contributed by atoms with Gasteiger partial charge in [0, 0.05) is 26.2 Å². The number of hydrogen-bond donors (Lipinski definition) is 1. The van der Waals surface area contributed by atoms with Gasteiger partial charge in [0.2, 0.25) is 10.0 Å². The number of ether oxygens (including phenoxy) is 1. The molecule has 1 fully saturated rings. The van der Waals surface area contributed by atoms with E-state index in [2.05, 4.69) is 36.5 Å². The average molecular weight is 375 g/mol. The Morgan fingerprint density at radius 1 is 1.04 bits per heavy atom. The van der Waals surface area contributed by atoms with Crippen molar-refractivity contribution >= 4 is 10.0 Å². The zero-order valence-electron chi connectivity index (χ0n) is 15.1. The fourth-order valence-corrected chi connectivity index (χ4v) is 4.46. The zero-order valence-corrected chi connectivity index (χ0v) is 16.0. The van der Waals surface area contributed by atoms with Crippen molar-refractivity contribution in [2.45, 2.75) is 26.5 Å². The van der Waals surface area contributed by atoms with Crippen LogP contribution in [0.1, 0.15) is 23.1 Å². The van der Waals surface area contributed by atoms with Crippen molar-refractivity contribution in [3.63, 3.8) is 0 Å². The van der Waals surface area contributed by atoms with Crippen LogP contribution < -0.4 is 10.1 Å². The molecule has 1 heterocycles. The van der Waals surface area contributed by atoms with Crippen LogP contribution in [0, 0.1) is 6.92 Å². The van der Waals surface area contributed by atoms with Crippen LogP contribution in [0.15, 0.2) is 48.5 Å². The number of rotatable bonds is 8. The van der Waals surface area contributed by atoms with Crippen molar-refractivity contribution in [3.05, 3.63) is 65.2 Å². The molecule has 0 atom stereocenters. The molecule has 2 aromatic rings. The Hall–Kier alpha value is -1.89. The maximum absolute atomic E-state index is 11.7. The van der Waals surface area contributed by atoms with Crippen molar-refractivity contribution in [2.24, 2.45) is 0 Å². The van der Waals surface area contributed by atoms with Crippen molar-refractivity contribution in [1.82, 2.24) is 9.62 Å². The van der Waals surface area contributed by atoms with E-state index in [4.69, 9.17) is 4.74 Å². The topological polar surface area (TPSA) is 58.6 Å². The van der Waals surface area contributed by atoms with Gasteiger partial charge in [-0.3, -0.25) is 0 Å². The highest BCUT2D eigenvalue weighted by molar-refractivity contribution is 7.89. The Morgan fingerprint density at radius 3 is 2.38 bits per heavy atom. The number of benzene rings is 2. The van der Waals surface area contributed by atoms with E-state index in [1.54, 1.807) is 4.31 Å². The first-order valence-corrected chi connectivity index (χ1v) is 10.6. The highest BCUT2D eigenvalue weighted by Gasteiger charge is 2.27. The number of nitrogens with zero attached hydrogens (tertiary/aromatic N) is 1. The van der Waals surface area contributed by atoms with Gasteiger partial charge in [-0.1, -0.05) is 42.0 Å². The Bertz CT molecular complexity index is 802. The molecule has 6 heteroatoms. The molecule has 1 aliphatic rings. The fourth-order valence-electron chi connectivity index (χ4n) is 2.93. The molecule has 1 N–H and O–H groups in total. The first kappa shape index (κ1) is 18.9. The summed E-state index contributed by atoms with van der Waals surface area (Å²) in [5, 5.41) is 3.30. The van der Waals surface area contributed by atoms with Gasteiger partial charge in [-0.05, 0) is 36.6 Å². The van der Waals surface area contributed by atoms with Gasteiger partial charge in [-0.15, -0.1) is 0 Å². The fraction of sp³-hybridized carbons (Fsp3) is 0.400. The summed E-state index contributed by atoms with van der Waals surface area (Å²) >= 11 is 0. The highest BCUT2D eigenvalue weighted by Crippen LogP contribution is 2.15. The van der Waals surface area contributed by atoms with E-state index in [-0.39, 0.29) is 5.75 Å². The summed E-state index contributed by atoms with van der Waals surface area (Å²) in [5.74, 6) is 1.13. The monoisotopic (exact) mass is 374 g/mol. The second kappa shape index (κ2) is 8.66. The van der Waals surface area contributed by atoms with Gasteiger partial charge in [0.15, 0.2) is 0 Å². The summed E-state index contributed by atoms with van der Waals surface area (Å²) < 4.78 is 30.8. The molecule has 0 radical (unpaired) electrons. The van der Waals surface area contributed by atoms with Gasteiger partial charge in [0.1, 0.15) is 12.4 Å². The van der Waals surface area contributed by atoms with Crippen LogP contribution in [-0.2, 0) is 23.2 Å². The molecule has 0 saturated carbocycles. The molecule has 2 aromatic carbocycles. The van der Waals surface area contributed by atoms with Gasteiger partial charge in [0.05, 0.1) is 5.75 Å². The molecular weight excluding hydrogens is 348 g/mol. The molecule has 1 aliphatic heterocycles. The van der Waals surface area contributed by atoms with Crippen molar-refractivity contribution in [3.8, 4) is 5.75 Å². The summed E-state index contributed by atoms with van der Waals surface area (Å²) in [4.78, 5) is 0. The largest absolute Gasteiger partial charge is 0.489 e. The number of nitrogens with one attached hydrogen (secondary N) is 1. The number of sulfonamides is 1. The molecule has 0 bridgehead atoms. The van der Waals surface area contributed by atoms with Crippen molar-refractivity contribution < 1.29 is 13.2 Å². The maximum Gasteiger partial charge on any atom is 0.214 e. The van der Waals surface area contributed by atoms with Crippen LogP contribution in [0.2, 0.25) is 0 Å². The standard InChI is InChI=1S/C20H26N2O3S/c1-17-3-5-19(6-4-17)16-25-20-9-7-18(8-10-20)15-21-11-13-22-12-2-14-26(22,23)24/h3-10,21H,2,11-16H2,1H3. The number of hydrogen-bond acceptors (Lipinski definition) is 4. The summed E-state index contributed by atoms with van der Waals surface area (Å²) in [7, 11) is -2.99. The molecule has 0 spiro atoms. The molecule has 1 saturated heterocycles. The third kappa shape index (κ3) is 5.30. The third-order valence-electron chi connectivity index (χ3n) is 4.52. The minimum Gasteiger partial charge on any atom is -0.489 e. The third-order valence-corrected chi connectivity index (χ3v) is 6.48. The lowest BCUT2D eigenvalue weighted by Crippen LogP contribution is -2.33. The van der Waals surface area contributed by atoms with Crippen LogP contribution in [0.3, 0.4) is 0 Å². The molecule has 0 aliphatic carbocycles. The van der Waals surface area contributed by atoms with Crippen molar-refractivity contribution in [2.75, 3.05) is 25.4 Å². The van der Waals surface area contributed by atoms with Gasteiger partial charge < -0.3 is 10.1 Å². The predicted octanol–water partition coefficient (Wildman–Crippen LogP) is 2.70. The van der Waals surface area contributed by atoms with E-state index in [9.17, 15) is 8.42 Å². The highest BCUT2D eigenvalue weighted by atomic mass is 32.2. The number of aryl methyl sites for hydroxylation is 1. The first-order valence-electron chi connectivity index (χ1n) is 8.99. The summed E-state index contributed by atoms with van der Waals surface area (Å²) in [6.07, 6.45) is 0.742. The Morgan fingerprint density at radius 2 is 1.73 bits per heavy atom. The molecule has 26 heavy (non-hydrogen) atoms. The summed E-state index contributed by atoms with van der Waals surface area (Å²) in [5.41, 5.74) is 3.54. The van der Waals surface area contributed by atoms with E-state index >= 15 is 0 Å². The Kier molecular flexibility index (Phi) is 6.29. The van der Waals surface area contributed by atoms with Crippen molar-refractivity contribution in [1.29, 1.82) is 0 Å². The lowest BCUT2D eigenvalue weighted by atomic mass is 10.2. The molecule has 0 aromatic heterocycles. The molecule has 0 amide bonds. The van der Waals surface area contributed by atoms with Crippen LogP contribution >= 0.6 is 0 Å². The predicted molar refractivity (Wildman–Crippen MR) is 104 cm³/mol. The van der Waals surface area contributed by atoms with E-state index in [0.29, 0.717) is 32.8 Å². The quantitative estimate of drug-likeness (QED) is 0.722. The molecule has 5 nitrogen and oxygen atoms in total. The van der Waals surface area contributed by atoms with E-state index in [1.807, 2.05) is 24.3 Å². The lowest BCUT2D eigenvalue weighted by molar-refractivity contribution is 0.306. The average Bonchev–Trinajstić information content (AvgIpc) is 2.97. The normalized spacial score (nSPS) is 16.7. The minimum atomic E-state index is -2.99. The Balaban J connectivity index is 1.39. The molecule has 3 rings (SSSR count). The molecule has 140 valence electrons. The molecular formula is C20H26N2O3S. The lowest BCUT2D eigenvalue weighted by Gasteiger charge is -2.14.